The first kappa shape index (κ1) is 17.0. The zero-order chi connectivity index (χ0) is 16.8. The Morgan fingerprint density at radius 2 is 2.00 bits per heavy atom. The number of amides is 2. The molecule has 0 saturated carbocycles. The SMILES string of the molecule is CCC(CO)NC(=O)Nc1cc(-c2ccccc2)nn1C(C)C. The molecule has 6 nitrogen and oxygen atoms in total. The lowest BCUT2D eigenvalue weighted by atomic mass is 10.2. The lowest BCUT2D eigenvalue weighted by molar-refractivity contribution is 0.222. The van der Waals surface area contributed by atoms with Crippen molar-refractivity contribution in [3.8, 4) is 11.3 Å². The van der Waals surface area contributed by atoms with Gasteiger partial charge in [0.15, 0.2) is 0 Å². The Morgan fingerprint density at radius 3 is 2.57 bits per heavy atom. The summed E-state index contributed by atoms with van der Waals surface area (Å²) >= 11 is 0. The minimum Gasteiger partial charge on any atom is -0.394 e. The van der Waals surface area contributed by atoms with Gasteiger partial charge in [0, 0.05) is 17.7 Å². The third-order valence-electron chi connectivity index (χ3n) is 3.58. The van der Waals surface area contributed by atoms with Crippen molar-refractivity contribution in [3.63, 3.8) is 0 Å². The van der Waals surface area contributed by atoms with Gasteiger partial charge in [-0.3, -0.25) is 5.32 Å². The number of nitrogens with zero attached hydrogens (tertiary/aromatic N) is 2. The molecule has 1 unspecified atom stereocenters. The largest absolute Gasteiger partial charge is 0.394 e. The number of aliphatic hydroxyl groups is 1. The highest BCUT2D eigenvalue weighted by Gasteiger charge is 2.15. The molecule has 0 bridgehead atoms. The molecule has 0 radical (unpaired) electrons. The predicted molar refractivity (Wildman–Crippen MR) is 91.4 cm³/mol. The molecule has 6 heteroatoms. The van der Waals surface area contributed by atoms with Gasteiger partial charge in [0.2, 0.25) is 0 Å². The first-order valence-electron chi connectivity index (χ1n) is 7.88. The average Bonchev–Trinajstić information content (AvgIpc) is 2.97. The van der Waals surface area contributed by atoms with E-state index < -0.39 is 0 Å². The number of urea groups is 1. The van der Waals surface area contributed by atoms with E-state index in [1.54, 1.807) is 4.68 Å². The molecular formula is C17H24N4O2. The van der Waals surface area contributed by atoms with Crippen LogP contribution in [-0.2, 0) is 0 Å². The lowest BCUT2D eigenvalue weighted by Crippen LogP contribution is -2.40. The summed E-state index contributed by atoms with van der Waals surface area (Å²) in [5.41, 5.74) is 1.81. The summed E-state index contributed by atoms with van der Waals surface area (Å²) in [7, 11) is 0. The van der Waals surface area contributed by atoms with Crippen LogP contribution in [0.15, 0.2) is 36.4 Å². The molecule has 0 fully saturated rings. The predicted octanol–water partition coefficient (Wildman–Crippen LogP) is 3.02. The molecule has 1 aromatic heterocycles. The van der Waals surface area contributed by atoms with Crippen molar-refractivity contribution in [1.29, 1.82) is 0 Å². The van der Waals surface area contributed by atoms with Gasteiger partial charge < -0.3 is 10.4 Å². The topological polar surface area (TPSA) is 79.2 Å². The third-order valence-corrected chi connectivity index (χ3v) is 3.58. The smallest absolute Gasteiger partial charge is 0.320 e. The molecule has 3 N–H and O–H groups in total. The summed E-state index contributed by atoms with van der Waals surface area (Å²) in [6.45, 7) is 5.84. The third kappa shape index (κ3) is 4.32. The van der Waals surface area contributed by atoms with Crippen LogP contribution in [0.2, 0.25) is 0 Å². The molecule has 124 valence electrons. The van der Waals surface area contributed by atoms with E-state index in [4.69, 9.17) is 0 Å². The molecule has 2 rings (SSSR count). The van der Waals surface area contributed by atoms with E-state index >= 15 is 0 Å². The summed E-state index contributed by atoms with van der Waals surface area (Å²) < 4.78 is 1.78. The van der Waals surface area contributed by atoms with Crippen LogP contribution >= 0.6 is 0 Å². The van der Waals surface area contributed by atoms with Gasteiger partial charge in [-0.05, 0) is 20.3 Å². The maximum atomic E-state index is 12.1. The van der Waals surface area contributed by atoms with Crippen LogP contribution < -0.4 is 10.6 Å². The minimum absolute atomic E-state index is 0.0807. The van der Waals surface area contributed by atoms with Crippen LogP contribution in [0.1, 0.15) is 33.2 Å². The highest BCUT2D eigenvalue weighted by atomic mass is 16.3. The van der Waals surface area contributed by atoms with Crippen molar-refractivity contribution in [3.05, 3.63) is 36.4 Å². The fourth-order valence-electron chi connectivity index (χ4n) is 2.25. The Hall–Kier alpha value is -2.34. The van der Waals surface area contributed by atoms with Crippen molar-refractivity contribution in [1.82, 2.24) is 15.1 Å². The minimum atomic E-state index is -0.340. The summed E-state index contributed by atoms with van der Waals surface area (Å²) in [5, 5.41) is 19.3. The Bertz CT molecular complexity index is 633. The zero-order valence-corrected chi connectivity index (χ0v) is 13.8. The second kappa shape index (κ2) is 7.78. The number of hydrogen-bond donors (Lipinski definition) is 3. The molecule has 1 aromatic carbocycles. The Morgan fingerprint density at radius 1 is 1.30 bits per heavy atom. The molecular weight excluding hydrogens is 292 g/mol. The quantitative estimate of drug-likeness (QED) is 0.766. The van der Waals surface area contributed by atoms with Crippen LogP contribution in [0.5, 0.6) is 0 Å². The van der Waals surface area contributed by atoms with Gasteiger partial charge in [0.05, 0.1) is 18.3 Å². The first-order valence-corrected chi connectivity index (χ1v) is 7.88. The van der Waals surface area contributed by atoms with Crippen LogP contribution in [-0.4, -0.2) is 33.6 Å². The molecule has 0 saturated heterocycles. The number of aliphatic hydroxyl groups excluding tert-OH is 1. The molecule has 0 aliphatic heterocycles. The van der Waals surface area contributed by atoms with Crippen molar-refractivity contribution < 1.29 is 9.90 Å². The number of benzene rings is 1. The standard InChI is InChI=1S/C17H24N4O2/c1-4-14(11-22)18-17(23)19-16-10-15(20-21(16)12(2)3)13-8-6-5-7-9-13/h5-10,12,14,22H,4,11H2,1-3H3,(H2,18,19,23). The maximum absolute atomic E-state index is 12.1. The summed E-state index contributed by atoms with van der Waals surface area (Å²) in [5.74, 6) is 0.629. The summed E-state index contributed by atoms with van der Waals surface area (Å²) in [4.78, 5) is 12.1. The second-order valence-corrected chi connectivity index (χ2v) is 5.71. The summed E-state index contributed by atoms with van der Waals surface area (Å²) in [6, 6.07) is 11.2. The second-order valence-electron chi connectivity index (χ2n) is 5.71. The fourth-order valence-corrected chi connectivity index (χ4v) is 2.25. The normalized spacial score (nSPS) is 12.2. The number of carbonyl (C=O) groups excluding carboxylic acids is 1. The van der Waals surface area contributed by atoms with Gasteiger partial charge in [0.1, 0.15) is 5.82 Å². The van der Waals surface area contributed by atoms with Gasteiger partial charge in [-0.2, -0.15) is 5.10 Å². The Balaban J connectivity index is 2.20. The molecule has 0 spiro atoms. The molecule has 2 aromatic rings. The highest BCUT2D eigenvalue weighted by molar-refractivity contribution is 5.89. The fraction of sp³-hybridized carbons (Fsp3) is 0.412. The van der Waals surface area contributed by atoms with Crippen LogP contribution in [0.3, 0.4) is 0 Å². The van der Waals surface area contributed by atoms with Crippen molar-refractivity contribution in [2.45, 2.75) is 39.3 Å². The van der Waals surface area contributed by atoms with E-state index in [0.29, 0.717) is 12.2 Å². The monoisotopic (exact) mass is 316 g/mol. The van der Waals surface area contributed by atoms with E-state index in [9.17, 15) is 9.90 Å². The molecule has 23 heavy (non-hydrogen) atoms. The van der Waals surface area contributed by atoms with Gasteiger partial charge in [-0.25, -0.2) is 9.48 Å². The van der Waals surface area contributed by atoms with E-state index in [-0.39, 0.29) is 24.7 Å². The maximum Gasteiger partial charge on any atom is 0.320 e. The van der Waals surface area contributed by atoms with Crippen LogP contribution in [0, 0.1) is 0 Å². The van der Waals surface area contributed by atoms with Gasteiger partial charge >= 0.3 is 6.03 Å². The van der Waals surface area contributed by atoms with Gasteiger partial charge in [0.25, 0.3) is 0 Å². The van der Waals surface area contributed by atoms with Crippen molar-refractivity contribution >= 4 is 11.8 Å². The Labute approximate surface area is 136 Å². The van der Waals surface area contributed by atoms with Gasteiger partial charge in [-0.15, -0.1) is 0 Å². The number of aromatic nitrogens is 2. The number of nitrogens with one attached hydrogen (secondary N) is 2. The van der Waals surface area contributed by atoms with Gasteiger partial charge in [-0.1, -0.05) is 37.3 Å². The van der Waals surface area contributed by atoms with E-state index in [2.05, 4.69) is 15.7 Å². The van der Waals surface area contributed by atoms with E-state index in [1.807, 2.05) is 57.2 Å². The molecule has 0 aliphatic rings. The average molecular weight is 316 g/mol. The van der Waals surface area contributed by atoms with Crippen LogP contribution in [0.25, 0.3) is 11.3 Å². The number of carbonyl (C=O) groups is 1. The number of anilines is 1. The molecule has 1 atom stereocenters. The van der Waals surface area contributed by atoms with E-state index in [1.165, 1.54) is 0 Å². The van der Waals surface area contributed by atoms with Crippen LogP contribution in [0.4, 0.5) is 10.6 Å². The number of rotatable bonds is 6. The summed E-state index contributed by atoms with van der Waals surface area (Å²) in [6.07, 6.45) is 0.669. The van der Waals surface area contributed by atoms with Crippen molar-refractivity contribution in [2.24, 2.45) is 0 Å². The Kier molecular flexibility index (Phi) is 5.76. The van der Waals surface area contributed by atoms with E-state index in [0.717, 1.165) is 11.3 Å². The highest BCUT2D eigenvalue weighted by Crippen LogP contribution is 2.24. The lowest BCUT2D eigenvalue weighted by Gasteiger charge is -2.16. The first-order chi connectivity index (χ1) is 11.0. The number of hydrogen-bond acceptors (Lipinski definition) is 3. The van der Waals surface area contributed by atoms with Crippen molar-refractivity contribution in [2.75, 3.05) is 11.9 Å². The molecule has 0 aliphatic carbocycles. The molecule has 1 heterocycles. The molecule has 2 amide bonds. The zero-order valence-electron chi connectivity index (χ0n) is 13.8.